The Hall–Kier alpha value is -2.34. The molecule has 2 rings (SSSR count). The van der Waals surface area contributed by atoms with Gasteiger partial charge in [-0.25, -0.2) is 4.79 Å². The van der Waals surface area contributed by atoms with Gasteiger partial charge in [0.25, 0.3) is 0 Å². The van der Waals surface area contributed by atoms with E-state index >= 15 is 0 Å². The first-order chi connectivity index (χ1) is 11.4. The minimum absolute atomic E-state index is 0.0587. The van der Waals surface area contributed by atoms with E-state index in [-0.39, 0.29) is 5.75 Å². The Balaban J connectivity index is 1.96. The van der Waals surface area contributed by atoms with Gasteiger partial charge in [0.1, 0.15) is 5.75 Å². The molecule has 3 nitrogen and oxygen atoms in total. The van der Waals surface area contributed by atoms with E-state index < -0.39 is 17.7 Å². The molecule has 0 amide bonds. The van der Waals surface area contributed by atoms with Crippen LogP contribution in [0.2, 0.25) is 0 Å². The highest BCUT2D eigenvalue weighted by molar-refractivity contribution is 5.91. The highest BCUT2D eigenvalue weighted by atomic mass is 19.4. The van der Waals surface area contributed by atoms with Crippen molar-refractivity contribution in [3.05, 3.63) is 65.2 Å². The molecule has 2 aromatic carbocycles. The second kappa shape index (κ2) is 7.97. The molecule has 0 atom stereocenters. The van der Waals surface area contributed by atoms with E-state index in [4.69, 9.17) is 9.47 Å². The number of esters is 1. The Morgan fingerprint density at radius 3 is 2.17 bits per heavy atom. The molecule has 0 aliphatic carbocycles. The summed E-state index contributed by atoms with van der Waals surface area (Å²) in [5.41, 5.74) is 0.447. The molecule has 0 N–H and O–H groups in total. The van der Waals surface area contributed by atoms with Crippen molar-refractivity contribution < 1.29 is 27.4 Å². The third-order valence-corrected chi connectivity index (χ3v) is 3.20. The second-order valence-electron chi connectivity index (χ2n) is 5.16. The van der Waals surface area contributed by atoms with E-state index in [1.165, 1.54) is 0 Å². The number of carbonyl (C=O) groups is 1. The standard InChI is InChI=1S/C18H17F3O3/c1-2-11-23-12-13-3-5-14(6-4-13)17(22)24-16-9-7-15(8-10-16)18(19,20)21/h3-10H,2,11-12H2,1H3. The first-order valence-electron chi connectivity index (χ1n) is 7.46. The van der Waals surface area contributed by atoms with Gasteiger partial charge < -0.3 is 9.47 Å². The molecule has 2 aromatic rings. The third-order valence-electron chi connectivity index (χ3n) is 3.20. The Morgan fingerprint density at radius 1 is 1.00 bits per heavy atom. The van der Waals surface area contributed by atoms with Gasteiger partial charge in [0, 0.05) is 6.61 Å². The van der Waals surface area contributed by atoms with Crippen molar-refractivity contribution in [2.45, 2.75) is 26.1 Å². The van der Waals surface area contributed by atoms with Crippen molar-refractivity contribution in [1.82, 2.24) is 0 Å². The Labute approximate surface area is 138 Å². The lowest BCUT2D eigenvalue weighted by Crippen LogP contribution is -2.09. The van der Waals surface area contributed by atoms with E-state index in [0.717, 1.165) is 36.2 Å². The summed E-state index contributed by atoms with van der Waals surface area (Å²) in [5.74, 6) is -0.570. The van der Waals surface area contributed by atoms with Crippen molar-refractivity contribution in [2.75, 3.05) is 6.61 Å². The molecule has 0 saturated heterocycles. The SMILES string of the molecule is CCCOCc1ccc(C(=O)Oc2ccc(C(F)(F)F)cc2)cc1. The molecule has 0 heterocycles. The molecule has 0 unspecified atom stereocenters. The molecule has 24 heavy (non-hydrogen) atoms. The number of carbonyl (C=O) groups excluding carboxylic acids is 1. The van der Waals surface area contributed by atoms with E-state index in [1.54, 1.807) is 24.3 Å². The minimum atomic E-state index is -4.42. The average molecular weight is 338 g/mol. The molecule has 0 bridgehead atoms. The van der Waals surface area contributed by atoms with Crippen molar-refractivity contribution in [2.24, 2.45) is 0 Å². The summed E-state index contributed by atoms with van der Waals surface area (Å²) in [6.45, 7) is 3.14. The molecule has 6 heteroatoms. The lowest BCUT2D eigenvalue weighted by atomic mass is 10.1. The normalized spacial score (nSPS) is 11.3. The predicted octanol–water partition coefficient (Wildman–Crippen LogP) is 4.85. The highest BCUT2D eigenvalue weighted by Crippen LogP contribution is 2.30. The largest absolute Gasteiger partial charge is 0.423 e. The Bertz CT molecular complexity index is 661. The first-order valence-corrected chi connectivity index (χ1v) is 7.46. The van der Waals surface area contributed by atoms with Crippen LogP contribution >= 0.6 is 0 Å². The van der Waals surface area contributed by atoms with Gasteiger partial charge in [0.15, 0.2) is 0 Å². The zero-order chi connectivity index (χ0) is 17.6. The fourth-order valence-electron chi connectivity index (χ4n) is 1.95. The number of halogens is 3. The van der Waals surface area contributed by atoms with Crippen LogP contribution < -0.4 is 4.74 Å². The molecule has 0 saturated carbocycles. The Morgan fingerprint density at radius 2 is 1.62 bits per heavy atom. The second-order valence-corrected chi connectivity index (χ2v) is 5.16. The maximum atomic E-state index is 12.5. The van der Waals surface area contributed by atoms with Crippen LogP contribution in [0.1, 0.15) is 34.8 Å². The maximum Gasteiger partial charge on any atom is 0.416 e. The average Bonchev–Trinajstić information content (AvgIpc) is 2.55. The predicted molar refractivity (Wildman–Crippen MR) is 82.8 cm³/mol. The third kappa shape index (κ3) is 5.09. The van der Waals surface area contributed by atoms with Gasteiger partial charge in [-0.1, -0.05) is 19.1 Å². The minimum Gasteiger partial charge on any atom is -0.423 e. The summed E-state index contributed by atoms with van der Waals surface area (Å²) in [5, 5.41) is 0. The van der Waals surface area contributed by atoms with Crippen molar-refractivity contribution >= 4 is 5.97 Å². The topological polar surface area (TPSA) is 35.5 Å². The lowest BCUT2D eigenvalue weighted by Gasteiger charge is -2.08. The molecule has 0 radical (unpaired) electrons. The monoisotopic (exact) mass is 338 g/mol. The summed E-state index contributed by atoms with van der Waals surface area (Å²) in [4.78, 5) is 12.0. The van der Waals surface area contributed by atoms with E-state index in [9.17, 15) is 18.0 Å². The number of rotatable bonds is 6. The van der Waals surface area contributed by atoms with Crippen LogP contribution in [0.5, 0.6) is 5.75 Å². The molecule has 0 aliphatic rings. The molecule has 0 spiro atoms. The molecule has 128 valence electrons. The molecular weight excluding hydrogens is 321 g/mol. The number of alkyl halides is 3. The molecule has 0 fully saturated rings. The van der Waals surface area contributed by atoms with Crippen molar-refractivity contribution in [3.63, 3.8) is 0 Å². The van der Waals surface area contributed by atoms with Gasteiger partial charge in [-0.3, -0.25) is 0 Å². The lowest BCUT2D eigenvalue weighted by molar-refractivity contribution is -0.137. The van der Waals surface area contributed by atoms with Crippen molar-refractivity contribution in [3.8, 4) is 5.75 Å². The van der Waals surface area contributed by atoms with Gasteiger partial charge in [-0.15, -0.1) is 0 Å². The zero-order valence-electron chi connectivity index (χ0n) is 13.1. The van der Waals surface area contributed by atoms with Gasteiger partial charge in [0.2, 0.25) is 0 Å². The number of benzene rings is 2. The van der Waals surface area contributed by atoms with Crippen LogP contribution in [0.15, 0.2) is 48.5 Å². The summed E-state index contributed by atoms with van der Waals surface area (Å²) < 4.78 is 47.9. The Kier molecular flexibility index (Phi) is 5.98. The fraction of sp³-hybridized carbons (Fsp3) is 0.278. The first kappa shape index (κ1) is 18.0. The van der Waals surface area contributed by atoms with Crippen LogP contribution in [0.25, 0.3) is 0 Å². The smallest absolute Gasteiger partial charge is 0.416 e. The number of hydrogen-bond donors (Lipinski definition) is 0. The molecule has 0 aliphatic heterocycles. The quantitative estimate of drug-likeness (QED) is 0.429. The van der Waals surface area contributed by atoms with Crippen molar-refractivity contribution in [1.29, 1.82) is 0 Å². The van der Waals surface area contributed by atoms with Crippen LogP contribution in [0, 0.1) is 0 Å². The summed E-state index contributed by atoms with van der Waals surface area (Å²) >= 11 is 0. The summed E-state index contributed by atoms with van der Waals surface area (Å²) in [7, 11) is 0. The number of ether oxygens (including phenoxy) is 2. The van der Waals surface area contributed by atoms with E-state index in [0.29, 0.717) is 18.8 Å². The van der Waals surface area contributed by atoms with Crippen LogP contribution in [0.4, 0.5) is 13.2 Å². The zero-order valence-corrected chi connectivity index (χ0v) is 13.1. The summed E-state index contributed by atoms with van der Waals surface area (Å²) in [6, 6.07) is 10.7. The van der Waals surface area contributed by atoms with Gasteiger partial charge >= 0.3 is 12.1 Å². The fourth-order valence-corrected chi connectivity index (χ4v) is 1.95. The summed E-state index contributed by atoms with van der Waals surface area (Å²) in [6.07, 6.45) is -3.49. The van der Waals surface area contributed by atoms with Crippen LogP contribution in [-0.4, -0.2) is 12.6 Å². The van der Waals surface area contributed by atoms with Gasteiger partial charge in [-0.2, -0.15) is 13.2 Å². The van der Waals surface area contributed by atoms with Gasteiger partial charge in [0.05, 0.1) is 17.7 Å². The van der Waals surface area contributed by atoms with E-state index in [2.05, 4.69) is 0 Å². The molecule has 0 aromatic heterocycles. The van der Waals surface area contributed by atoms with Crippen LogP contribution in [-0.2, 0) is 17.5 Å². The van der Waals surface area contributed by atoms with Crippen LogP contribution in [0.3, 0.4) is 0 Å². The molecular formula is C18H17F3O3. The number of hydrogen-bond acceptors (Lipinski definition) is 3. The van der Waals surface area contributed by atoms with E-state index in [1.807, 2.05) is 6.92 Å². The van der Waals surface area contributed by atoms with Gasteiger partial charge in [-0.05, 0) is 48.4 Å². The highest BCUT2D eigenvalue weighted by Gasteiger charge is 2.30. The maximum absolute atomic E-state index is 12.5.